The Morgan fingerprint density at radius 3 is 3.00 bits per heavy atom. The third-order valence-electron chi connectivity index (χ3n) is 1.94. The Bertz CT molecular complexity index is 288. The molecule has 2 N–H and O–H groups in total. The summed E-state index contributed by atoms with van der Waals surface area (Å²) >= 11 is 1.41. The molecule has 0 atom stereocenters. The van der Waals surface area contributed by atoms with Crippen molar-refractivity contribution in [3.63, 3.8) is 0 Å². The van der Waals surface area contributed by atoms with E-state index in [0.717, 1.165) is 12.5 Å². The summed E-state index contributed by atoms with van der Waals surface area (Å²) in [6, 6.07) is 0. The van der Waals surface area contributed by atoms with Gasteiger partial charge in [-0.15, -0.1) is 10.2 Å². The van der Waals surface area contributed by atoms with E-state index in [1.807, 2.05) is 0 Å². The van der Waals surface area contributed by atoms with Gasteiger partial charge in [0.15, 0.2) is 0 Å². The Morgan fingerprint density at radius 1 is 1.50 bits per heavy atom. The van der Waals surface area contributed by atoms with Gasteiger partial charge in [-0.2, -0.15) is 0 Å². The van der Waals surface area contributed by atoms with Crippen molar-refractivity contribution in [3.05, 3.63) is 5.89 Å². The molecule has 1 saturated carbocycles. The maximum Gasteiger partial charge on any atom is 0.278 e. The smallest absolute Gasteiger partial charge is 0.278 e. The second kappa shape index (κ2) is 4.77. The first-order valence-corrected chi connectivity index (χ1v) is 5.60. The molecule has 0 aliphatic heterocycles. The molecule has 1 aromatic rings. The van der Waals surface area contributed by atoms with Crippen molar-refractivity contribution in [3.8, 4) is 0 Å². The number of nitrogens with zero attached hydrogens (tertiary/aromatic N) is 2. The van der Waals surface area contributed by atoms with E-state index in [1.165, 1.54) is 24.6 Å². The summed E-state index contributed by atoms with van der Waals surface area (Å²) < 4.78 is 10.6. The lowest BCUT2D eigenvalue weighted by atomic mass is 10.5. The highest BCUT2D eigenvalue weighted by Gasteiger charge is 2.21. The largest absolute Gasteiger partial charge is 0.414 e. The summed E-state index contributed by atoms with van der Waals surface area (Å²) in [7, 11) is 0. The second-order valence-corrected chi connectivity index (χ2v) is 4.12. The van der Waals surface area contributed by atoms with Gasteiger partial charge in [0.25, 0.3) is 5.22 Å². The zero-order valence-electron chi connectivity index (χ0n) is 7.81. The third kappa shape index (κ3) is 2.97. The van der Waals surface area contributed by atoms with E-state index in [-0.39, 0.29) is 6.54 Å². The van der Waals surface area contributed by atoms with Crippen LogP contribution in [0.3, 0.4) is 0 Å². The number of nitrogens with two attached hydrogens (primary N) is 1. The van der Waals surface area contributed by atoms with E-state index >= 15 is 0 Å². The average Bonchev–Trinajstić information content (AvgIpc) is 2.91. The number of ether oxygens (including phenoxy) is 1. The Morgan fingerprint density at radius 2 is 2.36 bits per heavy atom. The molecule has 0 spiro atoms. The van der Waals surface area contributed by atoms with Crippen molar-refractivity contribution in [1.29, 1.82) is 0 Å². The molecule has 1 aliphatic rings. The van der Waals surface area contributed by atoms with E-state index in [1.54, 1.807) is 0 Å². The monoisotopic (exact) mass is 215 g/mol. The average molecular weight is 215 g/mol. The fourth-order valence-electron chi connectivity index (χ4n) is 0.970. The molecule has 0 unspecified atom stereocenters. The lowest BCUT2D eigenvalue weighted by Gasteiger charge is -1.98. The van der Waals surface area contributed by atoms with Crippen molar-refractivity contribution in [1.82, 2.24) is 10.2 Å². The van der Waals surface area contributed by atoms with Gasteiger partial charge >= 0.3 is 0 Å². The summed E-state index contributed by atoms with van der Waals surface area (Å²) in [5.41, 5.74) is 5.33. The first-order chi connectivity index (χ1) is 6.88. The van der Waals surface area contributed by atoms with E-state index in [4.69, 9.17) is 14.9 Å². The second-order valence-electron chi connectivity index (χ2n) is 3.24. The van der Waals surface area contributed by atoms with Gasteiger partial charge in [-0.1, -0.05) is 0 Å². The minimum Gasteiger partial charge on any atom is -0.414 e. The summed E-state index contributed by atoms with van der Waals surface area (Å²) in [5, 5.41) is 8.08. The molecule has 14 heavy (non-hydrogen) atoms. The Hall–Kier alpha value is -0.590. The zero-order chi connectivity index (χ0) is 9.80. The van der Waals surface area contributed by atoms with Crippen LogP contribution in [-0.2, 0) is 11.3 Å². The number of thioether (sulfide) groups is 1. The minimum absolute atomic E-state index is 0.288. The van der Waals surface area contributed by atoms with Gasteiger partial charge in [-0.05, 0) is 30.5 Å². The van der Waals surface area contributed by atoms with Crippen LogP contribution in [0, 0.1) is 5.92 Å². The normalized spacial score (nSPS) is 16.1. The van der Waals surface area contributed by atoms with Gasteiger partial charge in [0.2, 0.25) is 5.89 Å². The fourth-order valence-corrected chi connectivity index (χ4v) is 1.50. The minimum atomic E-state index is 0.288. The summed E-state index contributed by atoms with van der Waals surface area (Å²) in [6.07, 6.45) is 2.62. The van der Waals surface area contributed by atoms with Crippen LogP contribution in [0.2, 0.25) is 0 Å². The quantitative estimate of drug-likeness (QED) is 0.433. The highest BCUT2D eigenvalue weighted by molar-refractivity contribution is 7.98. The van der Waals surface area contributed by atoms with Crippen LogP contribution in [-0.4, -0.2) is 22.7 Å². The number of rotatable bonds is 6. The maximum absolute atomic E-state index is 5.41. The molecule has 5 nitrogen and oxygen atoms in total. The Kier molecular flexibility index (Phi) is 3.39. The van der Waals surface area contributed by atoms with Gasteiger partial charge < -0.3 is 14.9 Å². The molecule has 0 saturated heterocycles. The number of aromatic nitrogens is 2. The van der Waals surface area contributed by atoms with Gasteiger partial charge in [0, 0.05) is 0 Å². The van der Waals surface area contributed by atoms with E-state index in [2.05, 4.69) is 10.2 Å². The Balaban J connectivity index is 1.63. The van der Waals surface area contributed by atoms with E-state index < -0.39 is 0 Å². The van der Waals surface area contributed by atoms with Gasteiger partial charge in [-0.25, -0.2) is 0 Å². The van der Waals surface area contributed by atoms with Crippen LogP contribution < -0.4 is 5.73 Å². The standard InChI is InChI=1S/C8H13N3O2S/c9-3-7-10-11-8(13-7)14-5-12-4-6-1-2-6/h6H,1-5,9H2. The first kappa shape index (κ1) is 9.95. The van der Waals surface area contributed by atoms with Crippen molar-refractivity contribution >= 4 is 11.8 Å². The van der Waals surface area contributed by atoms with Gasteiger partial charge in [-0.3, -0.25) is 0 Å². The van der Waals surface area contributed by atoms with Crippen molar-refractivity contribution in [2.24, 2.45) is 11.7 Å². The first-order valence-electron chi connectivity index (χ1n) is 4.61. The number of hydrogen-bond acceptors (Lipinski definition) is 6. The van der Waals surface area contributed by atoms with Gasteiger partial charge in [0.1, 0.15) is 5.94 Å². The lowest BCUT2D eigenvalue weighted by molar-refractivity contribution is 0.170. The molecular formula is C8H13N3O2S. The molecule has 0 radical (unpaired) electrons. The predicted octanol–water partition coefficient (Wildman–Crippen LogP) is 1.00. The van der Waals surface area contributed by atoms with Crippen molar-refractivity contribution in [2.75, 3.05) is 12.5 Å². The molecule has 1 aliphatic carbocycles. The third-order valence-corrected chi connectivity index (χ3v) is 2.64. The highest BCUT2D eigenvalue weighted by Crippen LogP contribution is 2.29. The molecule has 2 rings (SSSR count). The van der Waals surface area contributed by atoms with Gasteiger partial charge in [0.05, 0.1) is 13.2 Å². The molecule has 1 fully saturated rings. The van der Waals surface area contributed by atoms with Crippen molar-refractivity contribution in [2.45, 2.75) is 24.6 Å². The molecule has 1 aromatic heterocycles. The van der Waals surface area contributed by atoms with Crippen LogP contribution in [0.15, 0.2) is 9.64 Å². The molecular weight excluding hydrogens is 202 g/mol. The van der Waals surface area contributed by atoms with E-state index in [9.17, 15) is 0 Å². The molecule has 0 amide bonds. The fraction of sp³-hybridized carbons (Fsp3) is 0.750. The van der Waals surface area contributed by atoms with Crippen LogP contribution in [0.4, 0.5) is 0 Å². The molecule has 6 heteroatoms. The van der Waals surface area contributed by atoms with Crippen molar-refractivity contribution < 1.29 is 9.15 Å². The predicted molar refractivity (Wildman–Crippen MR) is 51.6 cm³/mol. The van der Waals surface area contributed by atoms with Crippen LogP contribution in [0.5, 0.6) is 0 Å². The Labute approximate surface area is 86.4 Å². The lowest BCUT2D eigenvalue weighted by Crippen LogP contribution is -1.95. The van der Waals surface area contributed by atoms with Crippen LogP contribution in [0.25, 0.3) is 0 Å². The van der Waals surface area contributed by atoms with Crippen LogP contribution in [0.1, 0.15) is 18.7 Å². The summed E-state index contributed by atoms with van der Waals surface area (Å²) in [5.74, 6) is 1.83. The SMILES string of the molecule is NCc1nnc(SCOCC2CC2)o1. The van der Waals surface area contributed by atoms with E-state index in [0.29, 0.717) is 17.1 Å². The highest BCUT2D eigenvalue weighted by atomic mass is 32.2. The zero-order valence-corrected chi connectivity index (χ0v) is 8.63. The maximum atomic E-state index is 5.41. The molecule has 0 aromatic carbocycles. The molecule has 1 heterocycles. The summed E-state index contributed by atoms with van der Waals surface area (Å²) in [6.45, 7) is 1.14. The summed E-state index contributed by atoms with van der Waals surface area (Å²) in [4.78, 5) is 0. The molecule has 0 bridgehead atoms. The molecule has 78 valence electrons. The topological polar surface area (TPSA) is 74.2 Å². The number of hydrogen-bond donors (Lipinski definition) is 1. The van der Waals surface area contributed by atoms with Crippen LogP contribution >= 0.6 is 11.8 Å².